The van der Waals surface area contributed by atoms with Crippen molar-refractivity contribution >= 4 is 16.7 Å². The summed E-state index contributed by atoms with van der Waals surface area (Å²) in [7, 11) is 1.65. The van der Waals surface area contributed by atoms with E-state index >= 15 is 0 Å². The second-order valence-corrected chi connectivity index (χ2v) is 4.18. The molecule has 3 heterocycles. The van der Waals surface area contributed by atoms with Crippen molar-refractivity contribution in [3.63, 3.8) is 0 Å². The van der Waals surface area contributed by atoms with Crippen molar-refractivity contribution < 1.29 is 0 Å². The van der Waals surface area contributed by atoms with E-state index in [1.54, 1.807) is 25.4 Å². The predicted molar refractivity (Wildman–Crippen MR) is 65.1 cm³/mol. The maximum absolute atomic E-state index is 11.9. The highest BCUT2D eigenvalue weighted by atomic mass is 16.1. The number of rotatable bonds is 2. The Kier molecular flexibility index (Phi) is 2.29. The number of nitrogens with one attached hydrogen (secondary N) is 2. The van der Waals surface area contributed by atoms with Crippen molar-refractivity contribution in [2.75, 3.05) is 18.4 Å². The first-order chi connectivity index (χ1) is 8.25. The molecule has 0 aliphatic carbocycles. The van der Waals surface area contributed by atoms with Crippen molar-refractivity contribution in [2.45, 2.75) is 6.04 Å². The van der Waals surface area contributed by atoms with Crippen LogP contribution in [0.15, 0.2) is 23.1 Å². The number of hydrogen-bond donors (Lipinski definition) is 2. The van der Waals surface area contributed by atoms with Gasteiger partial charge in [0, 0.05) is 26.3 Å². The predicted octanol–water partition coefficient (Wildman–Crippen LogP) is -0.288. The first kappa shape index (κ1) is 10.2. The van der Waals surface area contributed by atoms with E-state index in [1.807, 2.05) is 0 Å². The first-order valence-electron chi connectivity index (χ1n) is 5.55. The van der Waals surface area contributed by atoms with Crippen LogP contribution in [0.1, 0.15) is 0 Å². The number of aromatic nitrogens is 3. The van der Waals surface area contributed by atoms with E-state index in [-0.39, 0.29) is 5.56 Å². The standard InChI is InChI=1S/C11H13N5O/c1-16-11(17)8-3-2-4-13-9(8)10(15-16)14-7-5-12-6-7/h2-4,7,12H,5-6H2,1H3,(H,14,15). The first-order valence-corrected chi connectivity index (χ1v) is 5.55. The van der Waals surface area contributed by atoms with E-state index in [4.69, 9.17) is 0 Å². The highest BCUT2D eigenvalue weighted by Gasteiger charge is 2.19. The van der Waals surface area contributed by atoms with Crippen LogP contribution >= 0.6 is 0 Å². The molecule has 0 saturated carbocycles. The SMILES string of the molecule is Cn1nc(NC2CNC2)c2ncccc2c1=O. The lowest BCUT2D eigenvalue weighted by Crippen LogP contribution is -2.51. The van der Waals surface area contributed by atoms with Crippen LogP contribution in [0.4, 0.5) is 5.82 Å². The zero-order chi connectivity index (χ0) is 11.8. The number of pyridine rings is 1. The summed E-state index contributed by atoms with van der Waals surface area (Å²) in [6, 6.07) is 3.90. The fourth-order valence-corrected chi connectivity index (χ4v) is 1.86. The van der Waals surface area contributed by atoms with Gasteiger partial charge in [-0.15, -0.1) is 0 Å². The van der Waals surface area contributed by atoms with Gasteiger partial charge in [-0.25, -0.2) is 4.68 Å². The molecule has 3 rings (SSSR count). The third-order valence-electron chi connectivity index (χ3n) is 2.93. The van der Waals surface area contributed by atoms with Gasteiger partial charge in [0.15, 0.2) is 5.82 Å². The largest absolute Gasteiger partial charge is 0.362 e. The molecule has 2 aromatic heterocycles. The zero-order valence-electron chi connectivity index (χ0n) is 9.47. The molecule has 0 aromatic carbocycles. The molecule has 0 spiro atoms. The smallest absolute Gasteiger partial charge is 0.276 e. The molecule has 1 saturated heterocycles. The van der Waals surface area contributed by atoms with Gasteiger partial charge in [0.25, 0.3) is 5.56 Å². The van der Waals surface area contributed by atoms with Crippen molar-refractivity contribution in [3.05, 3.63) is 28.7 Å². The third-order valence-corrected chi connectivity index (χ3v) is 2.93. The van der Waals surface area contributed by atoms with Crippen molar-refractivity contribution in [1.29, 1.82) is 0 Å². The van der Waals surface area contributed by atoms with E-state index in [1.165, 1.54) is 4.68 Å². The van der Waals surface area contributed by atoms with Gasteiger partial charge in [0.2, 0.25) is 0 Å². The molecule has 6 heteroatoms. The molecule has 0 unspecified atom stereocenters. The number of anilines is 1. The molecular formula is C11H13N5O. The van der Waals surface area contributed by atoms with Gasteiger partial charge in [-0.3, -0.25) is 9.78 Å². The van der Waals surface area contributed by atoms with E-state index in [0.29, 0.717) is 22.8 Å². The molecule has 2 aromatic rings. The molecule has 2 N–H and O–H groups in total. The summed E-state index contributed by atoms with van der Waals surface area (Å²) in [6.45, 7) is 1.83. The fourth-order valence-electron chi connectivity index (χ4n) is 1.86. The van der Waals surface area contributed by atoms with Gasteiger partial charge >= 0.3 is 0 Å². The highest BCUT2D eigenvalue weighted by Crippen LogP contribution is 2.16. The maximum Gasteiger partial charge on any atom is 0.276 e. The monoisotopic (exact) mass is 231 g/mol. The van der Waals surface area contributed by atoms with E-state index in [0.717, 1.165) is 13.1 Å². The highest BCUT2D eigenvalue weighted by molar-refractivity contribution is 5.87. The van der Waals surface area contributed by atoms with Crippen LogP contribution in [0.5, 0.6) is 0 Å². The third kappa shape index (κ3) is 1.66. The van der Waals surface area contributed by atoms with Gasteiger partial charge in [0.05, 0.1) is 11.4 Å². The topological polar surface area (TPSA) is 71.8 Å². The molecule has 6 nitrogen and oxygen atoms in total. The van der Waals surface area contributed by atoms with E-state index in [2.05, 4.69) is 20.7 Å². The minimum absolute atomic E-state index is 0.120. The quantitative estimate of drug-likeness (QED) is 0.743. The Morgan fingerprint density at radius 1 is 1.53 bits per heavy atom. The van der Waals surface area contributed by atoms with Gasteiger partial charge in [-0.1, -0.05) is 0 Å². The Morgan fingerprint density at radius 2 is 2.35 bits per heavy atom. The minimum Gasteiger partial charge on any atom is -0.362 e. The number of fused-ring (bicyclic) bond motifs is 1. The average molecular weight is 231 g/mol. The molecule has 88 valence electrons. The Labute approximate surface area is 97.7 Å². The Morgan fingerprint density at radius 3 is 3.06 bits per heavy atom. The molecule has 0 atom stereocenters. The van der Waals surface area contributed by atoms with Crippen LogP contribution in [-0.2, 0) is 7.05 Å². The number of hydrogen-bond acceptors (Lipinski definition) is 5. The molecule has 0 amide bonds. The molecule has 17 heavy (non-hydrogen) atoms. The maximum atomic E-state index is 11.9. The lowest BCUT2D eigenvalue weighted by Gasteiger charge is -2.28. The molecule has 1 fully saturated rings. The van der Waals surface area contributed by atoms with Crippen LogP contribution in [0.3, 0.4) is 0 Å². The van der Waals surface area contributed by atoms with Gasteiger partial charge < -0.3 is 10.6 Å². The second kappa shape index (κ2) is 3.81. The summed E-state index contributed by atoms with van der Waals surface area (Å²) in [6.07, 6.45) is 1.67. The van der Waals surface area contributed by atoms with Crippen LogP contribution in [0.2, 0.25) is 0 Å². The fraction of sp³-hybridized carbons (Fsp3) is 0.364. The van der Waals surface area contributed by atoms with Gasteiger partial charge in [-0.05, 0) is 12.1 Å². The van der Waals surface area contributed by atoms with Crippen LogP contribution in [0, 0.1) is 0 Å². The second-order valence-electron chi connectivity index (χ2n) is 4.18. The molecule has 1 aliphatic heterocycles. The Bertz CT molecular complexity index is 617. The van der Waals surface area contributed by atoms with Crippen LogP contribution < -0.4 is 16.2 Å². The summed E-state index contributed by atoms with van der Waals surface area (Å²) in [4.78, 5) is 16.1. The van der Waals surface area contributed by atoms with Crippen LogP contribution in [0.25, 0.3) is 10.9 Å². The molecular weight excluding hydrogens is 218 g/mol. The average Bonchev–Trinajstić information content (AvgIpc) is 2.30. The molecule has 0 radical (unpaired) electrons. The van der Waals surface area contributed by atoms with Crippen molar-refractivity contribution in [1.82, 2.24) is 20.1 Å². The van der Waals surface area contributed by atoms with Crippen LogP contribution in [-0.4, -0.2) is 33.9 Å². The summed E-state index contributed by atoms with van der Waals surface area (Å²) in [5, 5.41) is 11.3. The van der Waals surface area contributed by atoms with Gasteiger partial charge in [0.1, 0.15) is 5.52 Å². The lowest BCUT2D eigenvalue weighted by atomic mass is 10.2. The summed E-state index contributed by atoms with van der Waals surface area (Å²) in [5.74, 6) is 0.675. The summed E-state index contributed by atoms with van der Waals surface area (Å²) in [5.41, 5.74) is 0.521. The number of aryl methyl sites for hydroxylation is 1. The number of nitrogens with zero attached hydrogens (tertiary/aromatic N) is 3. The molecule has 0 bridgehead atoms. The lowest BCUT2D eigenvalue weighted by molar-refractivity contribution is 0.470. The minimum atomic E-state index is -0.120. The van der Waals surface area contributed by atoms with E-state index in [9.17, 15) is 4.79 Å². The summed E-state index contributed by atoms with van der Waals surface area (Å²) < 4.78 is 1.35. The molecule has 1 aliphatic rings. The Balaban J connectivity index is 2.16. The van der Waals surface area contributed by atoms with Crippen molar-refractivity contribution in [2.24, 2.45) is 7.05 Å². The van der Waals surface area contributed by atoms with Gasteiger partial charge in [-0.2, -0.15) is 5.10 Å². The normalized spacial score (nSPS) is 15.8. The van der Waals surface area contributed by atoms with Crippen molar-refractivity contribution in [3.8, 4) is 0 Å². The summed E-state index contributed by atoms with van der Waals surface area (Å²) >= 11 is 0. The zero-order valence-corrected chi connectivity index (χ0v) is 9.47. The van der Waals surface area contributed by atoms with E-state index < -0.39 is 0 Å². The Hall–Kier alpha value is -1.95.